The van der Waals surface area contributed by atoms with Crippen molar-refractivity contribution in [1.82, 2.24) is 15.1 Å². The van der Waals surface area contributed by atoms with Gasteiger partial charge < -0.3 is 5.11 Å². The number of nitrogens with zero attached hydrogens (tertiary/aromatic N) is 2. The van der Waals surface area contributed by atoms with Gasteiger partial charge in [-0.2, -0.15) is 5.10 Å². The van der Waals surface area contributed by atoms with E-state index in [-0.39, 0.29) is 12.0 Å². The van der Waals surface area contributed by atoms with E-state index in [0.717, 1.165) is 41.5 Å². The van der Waals surface area contributed by atoms with Gasteiger partial charge in [-0.25, -0.2) is 0 Å². The normalized spacial score (nSPS) is 22.4. The number of rotatable bonds is 4. The van der Waals surface area contributed by atoms with Crippen molar-refractivity contribution in [3.05, 3.63) is 51.8 Å². The van der Waals surface area contributed by atoms with Gasteiger partial charge in [0, 0.05) is 36.3 Å². The summed E-state index contributed by atoms with van der Waals surface area (Å²) in [5.74, 6) is 0.227. The third-order valence-corrected chi connectivity index (χ3v) is 4.80. The summed E-state index contributed by atoms with van der Waals surface area (Å²) < 4.78 is 0. The quantitative estimate of drug-likeness (QED) is 0.911. The number of halogens is 1. The lowest BCUT2D eigenvalue weighted by Crippen LogP contribution is -2.22. The van der Waals surface area contributed by atoms with Gasteiger partial charge in [-0.05, 0) is 43.5 Å². The maximum Gasteiger partial charge on any atom is 0.0711 e. The van der Waals surface area contributed by atoms with Crippen LogP contribution in [-0.4, -0.2) is 39.4 Å². The highest BCUT2D eigenvalue weighted by Gasteiger charge is 2.32. The minimum atomic E-state index is -0.306. The van der Waals surface area contributed by atoms with E-state index in [4.69, 9.17) is 11.6 Å². The molecule has 1 aromatic heterocycles. The molecule has 4 nitrogen and oxygen atoms in total. The SMILES string of the molecule is Cc1cc(C[C@@H]2CN(Cc3c(C)cccc3Cl)C[C@H]2O)n[nH]1. The number of β-amino-alcohol motifs (C(OH)–C–C–N with tert-alkyl or cyclic N) is 1. The summed E-state index contributed by atoms with van der Waals surface area (Å²) in [5, 5.41) is 18.4. The second-order valence-corrected chi connectivity index (χ2v) is 6.71. The Bertz CT molecular complexity index is 635. The summed E-state index contributed by atoms with van der Waals surface area (Å²) in [6.45, 7) is 6.43. The van der Waals surface area contributed by atoms with Gasteiger partial charge in [0.2, 0.25) is 0 Å². The Morgan fingerprint density at radius 3 is 2.86 bits per heavy atom. The molecule has 0 aliphatic carbocycles. The van der Waals surface area contributed by atoms with Crippen LogP contribution in [0.4, 0.5) is 0 Å². The fourth-order valence-corrected chi connectivity index (χ4v) is 3.49. The number of aryl methyl sites for hydroxylation is 2. The highest BCUT2D eigenvalue weighted by molar-refractivity contribution is 6.31. The van der Waals surface area contributed by atoms with Crippen LogP contribution in [0.25, 0.3) is 0 Å². The Labute approximate surface area is 136 Å². The molecular weight excluding hydrogens is 298 g/mol. The van der Waals surface area contributed by atoms with Crippen LogP contribution >= 0.6 is 11.6 Å². The maximum atomic E-state index is 10.3. The Hall–Kier alpha value is -1.36. The molecule has 0 radical (unpaired) electrons. The lowest BCUT2D eigenvalue weighted by Gasteiger charge is -2.18. The molecule has 5 heteroatoms. The predicted molar refractivity (Wildman–Crippen MR) is 88.0 cm³/mol. The molecule has 1 aliphatic rings. The first-order chi connectivity index (χ1) is 10.5. The molecule has 2 N–H and O–H groups in total. The van der Waals surface area contributed by atoms with Crippen molar-refractivity contribution < 1.29 is 5.11 Å². The van der Waals surface area contributed by atoms with Crippen LogP contribution < -0.4 is 0 Å². The Morgan fingerprint density at radius 2 is 2.18 bits per heavy atom. The average molecular weight is 320 g/mol. The minimum absolute atomic E-state index is 0.227. The van der Waals surface area contributed by atoms with E-state index in [2.05, 4.69) is 28.1 Å². The molecule has 22 heavy (non-hydrogen) atoms. The molecule has 2 heterocycles. The molecule has 1 aliphatic heterocycles. The molecular formula is C17H22ClN3O. The number of nitrogens with one attached hydrogen (secondary N) is 1. The molecule has 1 aromatic carbocycles. The number of aromatic amines is 1. The van der Waals surface area contributed by atoms with Crippen LogP contribution in [0.1, 0.15) is 22.5 Å². The number of aromatic nitrogens is 2. The third kappa shape index (κ3) is 3.35. The predicted octanol–water partition coefficient (Wildman–Crippen LogP) is 2.72. The monoisotopic (exact) mass is 319 g/mol. The maximum absolute atomic E-state index is 10.3. The highest BCUT2D eigenvalue weighted by atomic mass is 35.5. The van der Waals surface area contributed by atoms with Gasteiger partial charge in [-0.3, -0.25) is 10.00 Å². The van der Waals surface area contributed by atoms with Crippen LogP contribution in [-0.2, 0) is 13.0 Å². The highest BCUT2D eigenvalue weighted by Crippen LogP contribution is 2.26. The van der Waals surface area contributed by atoms with E-state index in [1.807, 2.05) is 25.1 Å². The number of aliphatic hydroxyl groups excluding tert-OH is 1. The van der Waals surface area contributed by atoms with Crippen molar-refractivity contribution in [2.45, 2.75) is 32.9 Å². The molecule has 0 spiro atoms. The summed E-state index contributed by atoms with van der Waals surface area (Å²) in [6, 6.07) is 8.04. The van der Waals surface area contributed by atoms with E-state index < -0.39 is 0 Å². The van der Waals surface area contributed by atoms with Crippen molar-refractivity contribution >= 4 is 11.6 Å². The van der Waals surface area contributed by atoms with Gasteiger partial charge >= 0.3 is 0 Å². The number of benzene rings is 1. The summed E-state index contributed by atoms with van der Waals surface area (Å²) in [4.78, 5) is 2.28. The number of aliphatic hydroxyl groups is 1. The van der Waals surface area contributed by atoms with Gasteiger partial charge in [0.05, 0.1) is 11.8 Å². The first kappa shape index (κ1) is 15.5. The lowest BCUT2D eigenvalue weighted by atomic mass is 10.00. The van der Waals surface area contributed by atoms with Gasteiger partial charge in [0.15, 0.2) is 0 Å². The first-order valence-electron chi connectivity index (χ1n) is 7.68. The standard InChI is InChI=1S/C17H22ClN3O/c1-11-4-3-5-16(18)15(11)9-21-8-13(17(22)10-21)7-14-6-12(2)19-20-14/h3-6,13,17,22H,7-10H2,1-2H3,(H,19,20)/t13-,17-/m1/s1. The van der Waals surface area contributed by atoms with Crippen molar-refractivity contribution in [3.63, 3.8) is 0 Å². The van der Waals surface area contributed by atoms with E-state index in [1.165, 1.54) is 5.56 Å². The molecule has 1 saturated heterocycles. The number of H-pyrrole nitrogens is 1. The Morgan fingerprint density at radius 1 is 1.36 bits per heavy atom. The fraction of sp³-hybridized carbons (Fsp3) is 0.471. The van der Waals surface area contributed by atoms with Crippen molar-refractivity contribution in [3.8, 4) is 0 Å². The van der Waals surface area contributed by atoms with Crippen LogP contribution in [0.2, 0.25) is 5.02 Å². The molecule has 3 rings (SSSR count). The largest absolute Gasteiger partial charge is 0.391 e. The second kappa shape index (κ2) is 6.41. The fourth-order valence-electron chi connectivity index (χ4n) is 3.21. The number of hydrogen-bond acceptors (Lipinski definition) is 3. The van der Waals surface area contributed by atoms with E-state index in [1.54, 1.807) is 0 Å². The minimum Gasteiger partial charge on any atom is -0.391 e. The number of likely N-dealkylation sites (tertiary alicyclic amines) is 1. The molecule has 0 bridgehead atoms. The van der Waals surface area contributed by atoms with Gasteiger partial charge in [-0.1, -0.05) is 23.7 Å². The molecule has 0 unspecified atom stereocenters. The average Bonchev–Trinajstić information content (AvgIpc) is 3.01. The van der Waals surface area contributed by atoms with Crippen molar-refractivity contribution in [1.29, 1.82) is 0 Å². The first-order valence-corrected chi connectivity index (χ1v) is 8.06. The Balaban J connectivity index is 1.65. The van der Waals surface area contributed by atoms with Crippen LogP contribution in [0, 0.1) is 19.8 Å². The molecule has 118 valence electrons. The Kier molecular flexibility index (Phi) is 4.52. The number of hydrogen-bond donors (Lipinski definition) is 2. The van der Waals surface area contributed by atoms with Crippen molar-refractivity contribution in [2.75, 3.05) is 13.1 Å². The molecule has 0 saturated carbocycles. The van der Waals surface area contributed by atoms with Gasteiger partial charge in [0.25, 0.3) is 0 Å². The topological polar surface area (TPSA) is 52.1 Å². The van der Waals surface area contributed by atoms with E-state index in [0.29, 0.717) is 6.54 Å². The second-order valence-electron chi connectivity index (χ2n) is 6.30. The summed E-state index contributed by atoms with van der Waals surface area (Å²) in [6.07, 6.45) is 0.503. The summed E-state index contributed by atoms with van der Waals surface area (Å²) >= 11 is 6.31. The molecule has 1 fully saturated rings. The third-order valence-electron chi connectivity index (χ3n) is 4.45. The van der Waals surface area contributed by atoms with Gasteiger partial charge in [0.1, 0.15) is 0 Å². The van der Waals surface area contributed by atoms with Crippen LogP contribution in [0.15, 0.2) is 24.3 Å². The summed E-state index contributed by atoms with van der Waals surface area (Å²) in [5.41, 5.74) is 4.45. The van der Waals surface area contributed by atoms with Crippen molar-refractivity contribution in [2.24, 2.45) is 5.92 Å². The molecule has 2 atom stereocenters. The van der Waals surface area contributed by atoms with Crippen LogP contribution in [0.5, 0.6) is 0 Å². The zero-order valence-electron chi connectivity index (χ0n) is 13.0. The summed E-state index contributed by atoms with van der Waals surface area (Å²) in [7, 11) is 0. The van der Waals surface area contributed by atoms with Crippen LogP contribution in [0.3, 0.4) is 0 Å². The smallest absolute Gasteiger partial charge is 0.0711 e. The van der Waals surface area contributed by atoms with E-state index in [9.17, 15) is 5.11 Å². The zero-order valence-corrected chi connectivity index (χ0v) is 13.8. The van der Waals surface area contributed by atoms with E-state index >= 15 is 0 Å². The van der Waals surface area contributed by atoms with Gasteiger partial charge in [-0.15, -0.1) is 0 Å². The molecule has 2 aromatic rings. The lowest BCUT2D eigenvalue weighted by molar-refractivity contribution is 0.140. The zero-order chi connectivity index (χ0) is 15.7. The molecule has 0 amide bonds.